The van der Waals surface area contributed by atoms with E-state index in [4.69, 9.17) is 4.74 Å². The smallest absolute Gasteiger partial charge is 0.262 e. The van der Waals surface area contributed by atoms with E-state index in [-0.39, 0.29) is 0 Å². The van der Waals surface area contributed by atoms with Gasteiger partial charge in [0.05, 0.1) is 0 Å². The lowest BCUT2D eigenvalue weighted by Crippen LogP contribution is -2.47. The molecule has 0 aliphatic carbocycles. The summed E-state index contributed by atoms with van der Waals surface area (Å²) in [5.74, 6) is -0.217. The van der Waals surface area contributed by atoms with E-state index in [1.807, 2.05) is 6.92 Å². The molecular formula is C14H18N2O5. The number of rotatable bonds is 6. The first-order chi connectivity index (χ1) is 10.0. The molecule has 2 rings (SSSR count). The van der Waals surface area contributed by atoms with Crippen molar-refractivity contribution in [1.82, 2.24) is 0 Å². The molecule has 1 aromatic rings. The van der Waals surface area contributed by atoms with E-state index in [0.29, 0.717) is 17.7 Å². The summed E-state index contributed by atoms with van der Waals surface area (Å²) in [4.78, 5) is 21.4. The molecule has 0 amide bonds. The van der Waals surface area contributed by atoms with Crippen LogP contribution in [0.3, 0.4) is 0 Å². The second kappa shape index (κ2) is 6.51. The standard InChI is InChI=1S/C14H18N2O5/c1-2-3-7-13-14(16(19)20)11(9-15(17)18)10-6-4-5-8-12(10)21-13/h4-6,8,11,13-14H,2-3,7,9H2,1H3/t11-,13+,14+/m1/s1. The predicted octanol–water partition coefficient (Wildman–Crippen LogP) is 2.64. The first kappa shape index (κ1) is 15.2. The molecule has 7 nitrogen and oxygen atoms in total. The van der Waals surface area contributed by atoms with Crippen molar-refractivity contribution < 1.29 is 14.6 Å². The van der Waals surface area contributed by atoms with Crippen LogP contribution in [-0.2, 0) is 0 Å². The molecule has 0 N–H and O–H groups in total. The Hall–Kier alpha value is -2.18. The molecule has 0 saturated heterocycles. The largest absolute Gasteiger partial charge is 0.483 e. The van der Waals surface area contributed by atoms with Crippen LogP contribution in [0, 0.1) is 20.2 Å². The Morgan fingerprint density at radius 1 is 1.24 bits per heavy atom. The second-order valence-corrected chi connectivity index (χ2v) is 5.23. The molecule has 0 fully saturated rings. The molecule has 1 aliphatic heterocycles. The average molecular weight is 294 g/mol. The minimum atomic E-state index is -1.07. The Balaban J connectivity index is 2.39. The van der Waals surface area contributed by atoms with Gasteiger partial charge in [-0.3, -0.25) is 20.2 Å². The van der Waals surface area contributed by atoms with Gasteiger partial charge in [0.25, 0.3) is 6.04 Å². The van der Waals surface area contributed by atoms with Crippen molar-refractivity contribution in [3.05, 3.63) is 50.1 Å². The second-order valence-electron chi connectivity index (χ2n) is 5.23. The number of unbranched alkanes of at least 4 members (excludes halogenated alkanes) is 1. The van der Waals surface area contributed by atoms with Gasteiger partial charge in [0.15, 0.2) is 6.10 Å². The van der Waals surface area contributed by atoms with Crippen LogP contribution in [0.15, 0.2) is 24.3 Å². The lowest BCUT2D eigenvalue weighted by atomic mass is 9.84. The molecule has 0 bridgehead atoms. The Morgan fingerprint density at radius 2 is 1.95 bits per heavy atom. The van der Waals surface area contributed by atoms with Crippen molar-refractivity contribution in [2.24, 2.45) is 0 Å². The molecule has 0 unspecified atom stereocenters. The van der Waals surface area contributed by atoms with Crippen molar-refractivity contribution in [3.8, 4) is 5.75 Å². The van der Waals surface area contributed by atoms with Gasteiger partial charge in [0.2, 0.25) is 6.54 Å². The van der Waals surface area contributed by atoms with Crippen molar-refractivity contribution in [2.75, 3.05) is 6.54 Å². The summed E-state index contributed by atoms with van der Waals surface area (Å²) in [5, 5.41) is 22.3. The van der Waals surface area contributed by atoms with Gasteiger partial charge in [-0.1, -0.05) is 31.5 Å². The number of fused-ring (bicyclic) bond motifs is 1. The highest BCUT2D eigenvalue weighted by atomic mass is 16.6. The number of nitro groups is 2. The first-order valence-electron chi connectivity index (χ1n) is 7.05. The van der Waals surface area contributed by atoms with Gasteiger partial charge in [-0.25, -0.2) is 0 Å². The van der Waals surface area contributed by atoms with Gasteiger partial charge >= 0.3 is 0 Å². The molecule has 0 aromatic heterocycles. The number of ether oxygens (including phenoxy) is 1. The van der Waals surface area contributed by atoms with Crippen LogP contribution >= 0.6 is 0 Å². The van der Waals surface area contributed by atoms with Gasteiger partial charge in [0, 0.05) is 15.4 Å². The molecule has 114 valence electrons. The lowest BCUT2D eigenvalue weighted by molar-refractivity contribution is -0.557. The van der Waals surface area contributed by atoms with Crippen molar-refractivity contribution in [1.29, 1.82) is 0 Å². The van der Waals surface area contributed by atoms with Crippen LogP contribution in [0.25, 0.3) is 0 Å². The van der Waals surface area contributed by atoms with Crippen LogP contribution in [0.4, 0.5) is 0 Å². The molecular weight excluding hydrogens is 276 g/mol. The fourth-order valence-corrected chi connectivity index (χ4v) is 2.85. The first-order valence-corrected chi connectivity index (χ1v) is 7.05. The third-order valence-corrected chi connectivity index (χ3v) is 3.82. The normalized spacial score (nSPS) is 24.0. The number of nitrogens with zero attached hydrogens (tertiary/aromatic N) is 2. The SMILES string of the molecule is CCCC[C@@H]1Oc2ccccc2[C@@H](C[N+](=O)[O-])[C@@H]1[N+](=O)[O-]. The number of benzene rings is 1. The average Bonchev–Trinajstić information content (AvgIpc) is 2.44. The Morgan fingerprint density at radius 3 is 2.57 bits per heavy atom. The molecule has 0 spiro atoms. The van der Waals surface area contributed by atoms with E-state index >= 15 is 0 Å². The summed E-state index contributed by atoms with van der Waals surface area (Å²) in [6.07, 6.45) is 1.61. The van der Waals surface area contributed by atoms with E-state index in [1.165, 1.54) is 0 Å². The highest BCUT2D eigenvalue weighted by molar-refractivity contribution is 5.39. The van der Waals surface area contributed by atoms with Crippen LogP contribution in [0.2, 0.25) is 0 Å². The zero-order valence-electron chi connectivity index (χ0n) is 11.8. The minimum absolute atomic E-state index is 0.426. The fourth-order valence-electron chi connectivity index (χ4n) is 2.85. The topological polar surface area (TPSA) is 95.5 Å². The predicted molar refractivity (Wildman–Crippen MR) is 75.8 cm³/mol. The van der Waals surface area contributed by atoms with Gasteiger partial charge in [-0.05, 0) is 18.9 Å². The molecule has 7 heteroatoms. The van der Waals surface area contributed by atoms with Crippen LogP contribution in [0.1, 0.15) is 37.7 Å². The quantitative estimate of drug-likeness (QED) is 0.593. The molecule has 1 aromatic carbocycles. The highest BCUT2D eigenvalue weighted by Crippen LogP contribution is 2.39. The van der Waals surface area contributed by atoms with Crippen LogP contribution < -0.4 is 4.74 Å². The number of hydrogen-bond acceptors (Lipinski definition) is 5. The Kier molecular flexibility index (Phi) is 4.72. The van der Waals surface area contributed by atoms with Gasteiger partial charge in [-0.2, -0.15) is 0 Å². The molecule has 0 radical (unpaired) electrons. The third kappa shape index (κ3) is 3.29. The third-order valence-electron chi connectivity index (χ3n) is 3.82. The van der Waals surface area contributed by atoms with Crippen molar-refractivity contribution in [2.45, 2.75) is 44.2 Å². The van der Waals surface area contributed by atoms with Gasteiger partial charge < -0.3 is 4.74 Å². The maximum atomic E-state index is 11.4. The van der Waals surface area contributed by atoms with Crippen molar-refractivity contribution >= 4 is 0 Å². The Bertz CT molecular complexity index is 534. The lowest BCUT2D eigenvalue weighted by Gasteiger charge is -2.32. The number of para-hydroxylation sites is 1. The molecule has 1 aliphatic rings. The summed E-state index contributed by atoms with van der Waals surface area (Å²) in [6.45, 7) is 1.54. The van der Waals surface area contributed by atoms with Crippen LogP contribution in [-0.4, -0.2) is 28.5 Å². The highest BCUT2D eigenvalue weighted by Gasteiger charge is 2.48. The van der Waals surface area contributed by atoms with Gasteiger partial charge in [0.1, 0.15) is 11.7 Å². The summed E-state index contributed by atoms with van der Waals surface area (Å²) >= 11 is 0. The number of hydrogen-bond donors (Lipinski definition) is 0. The van der Waals surface area contributed by atoms with E-state index in [2.05, 4.69) is 0 Å². The van der Waals surface area contributed by atoms with E-state index < -0.39 is 34.5 Å². The van der Waals surface area contributed by atoms with E-state index in [0.717, 1.165) is 12.8 Å². The zero-order valence-corrected chi connectivity index (χ0v) is 11.8. The van der Waals surface area contributed by atoms with E-state index in [1.54, 1.807) is 24.3 Å². The molecule has 3 atom stereocenters. The summed E-state index contributed by atoms with van der Waals surface area (Å²) in [6, 6.07) is 5.81. The molecule has 0 saturated carbocycles. The molecule has 21 heavy (non-hydrogen) atoms. The van der Waals surface area contributed by atoms with Crippen LogP contribution in [0.5, 0.6) is 5.75 Å². The summed E-state index contributed by atoms with van der Waals surface area (Å²) in [5.41, 5.74) is 0.559. The van der Waals surface area contributed by atoms with Gasteiger partial charge in [-0.15, -0.1) is 0 Å². The van der Waals surface area contributed by atoms with Crippen molar-refractivity contribution in [3.63, 3.8) is 0 Å². The summed E-state index contributed by atoms with van der Waals surface area (Å²) in [7, 11) is 0. The fraction of sp³-hybridized carbons (Fsp3) is 0.571. The minimum Gasteiger partial charge on any atom is -0.483 e. The van der Waals surface area contributed by atoms with E-state index in [9.17, 15) is 20.2 Å². The zero-order chi connectivity index (χ0) is 15.4. The molecule has 1 heterocycles. The monoisotopic (exact) mass is 294 g/mol. The summed E-state index contributed by atoms with van der Waals surface area (Å²) < 4.78 is 5.76. The maximum absolute atomic E-state index is 11.4. The maximum Gasteiger partial charge on any atom is 0.262 e. The Labute approximate surface area is 122 Å².